The molecule has 3 aromatic carbocycles. The molecular formula is C42H46F3N5O7. The van der Waals surface area contributed by atoms with Crippen LogP contribution in [0.15, 0.2) is 67.0 Å². The SMILES string of the molecule is Cc1cc(CNC(CO)C(=O)O)c(OCc2cncc(C#N)c2)cc1OCc1cccc(-c2cccc(OCCCN3CCC(NC(=O)C(F)(F)F)C3)c2C)c1C. The van der Waals surface area contributed by atoms with Crippen LogP contribution in [0.25, 0.3) is 11.1 Å². The smallest absolute Gasteiger partial charge is 0.471 e. The maximum atomic E-state index is 12.6. The molecule has 4 aromatic rings. The number of aliphatic hydroxyl groups is 1. The molecule has 2 heterocycles. The largest absolute Gasteiger partial charge is 0.493 e. The number of carbonyl (C=O) groups excluding carboxylic acids is 1. The Kier molecular flexibility index (Phi) is 14.5. The Morgan fingerprint density at radius 1 is 0.965 bits per heavy atom. The number of benzene rings is 3. The van der Waals surface area contributed by atoms with Crippen molar-refractivity contribution in [2.45, 2.75) is 71.6 Å². The van der Waals surface area contributed by atoms with E-state index in [1.165, 1.54) is 6.20 Å². The van der Waals surface area contributed by atoms with Crippen LogP contribution in [-0.4, -0.2) is 83.1 Å². The second-order valence-corrected chi connectivity index (χ2v) is 13.9. The number of aromatic nitrogens is 1. The first-order valence-electron chi connectivity index (χ1n) is 18.5. The van der Waals surface area contributed by atoms with Crippen molar-refractivity contribution in [1.29, 1.82) is 5.26 Å². The average molecular weight is 790 g/mol. The number of carboxylic acid groups (broad SMARTS) is 1. The van der Waals surface area contributed by atoms with Gasteiger partial charge in [0.15, 0.2) is 0 Å². The van der Waals surface area contributed by atoms with Crippen molar-refractivity contribution < 1.29 is 47.2 Å². The summed E-state index contributed by atoms with van der Waals surface area (Å²) in [5.41, 5.74) is 7.43. The van der Waals surface area contributed by atoms with Gasteiger partial charge < -0.3 is 34.6 Å². The molecule has 0 aliphatic carbocycles. The minimum Gasteiger partial charge on any atom is -0.493 e. The van der Waals surface area contributed by atoms with Crippen LogP contribution in [0.2, 0.25) is 0 Å². The summed E-state index contributed by atoms with van der Waals surface area (Å²) >= 11 is 0. The predicted molar refractivity (Wildman–Crippen MR) is 205 cm³/mol. The number of hydrogen-bond donors (Lipinski definition) is 4. The number of halogens is 3. The van der Waals surface area contributed by atoms with E-state index in [0.717, 1.165) is 39.1 Å². The van der Waals surface area contributed by atoms with Gasteiger partial charge in [0.25, 0.3) is 0 Å². The standard InChI is InChI=1S/C42H46F3N5O7/c1-26-15-32(21-48-36(23-51)40(52)53)39(56-24-30-16-29(18-46)19-47-20-30)17-38(26)57-25-31-7-4-8-34(27(31)2)35-9-5-10-37(28(35)3)55-14-6-12-50-13-11-33(22-50)49-41(54)42(43,44)45/h4-5,7-10,15-17,19-20,33,36,48,51H,6,11-14,21-25H2,1-3H3,(H,49,54)(H,52,53). The van der Waals surface area contributed by atoms with E-state index in [1.54, 1.807) is 18.3 Å². The molecule has 0 saturated carbocycles. The molecule has 302 valence electrons. The molecule has 2 unspecified atom stereocenters. The van der Waals surface area contributed by atoms with E-state index in [4.69, 9.17) is 14.2 Å². The highest BCUT2D eigenvalue weighted by Gasteiger charge is 2.40. The molecule has 57 heavy (non-hydrogen) atoms. The summed E-state index contributed by atoms with van der Waals surface area (Å²) in [6, 6.07) is 17.5. The van der Waals surface area contributed by atoms with Gasteiger partial charge in [0.05, 0.1) is 18.8 Å². The molecule has 15 heteroatoms. The lowest BCUT2D eigenvalue weighted by atomic mass is 9.93. The Morgan fingerprint density at radius 3 is 2.42 bits per heavy atom. The van der Waals surface area contributed by atoms with Gasteiger partial charge in [-0.25, -0.2) is 0 Å². The molecule has 5 rings (SSSR count). The van der Waals surface area contributed by atoms with Crippen LogP contribution < -0.4 is 24.8 Å². The fraction of sp³-hybridized carbons (Fsp3) is 0.381. The zero-order valence-electron chi connectivity index (χ0n) is 32.0. The maximum Gasteiger partial charge on any atom is 0.471 e. The van der Waals surface area contributed by atoms with Gasteiger partial charge in [-0.15, -0.1) is 0 Å². The highest BCUT2D eigenvalue weighted by molar-refractivity contribution is 5.82. The second kappa shape index (κ2) is 19.4. The number of amides is 1. The zero-order valence-corrected chi connectivity index (χ0v) is 32.0. The lowest BCUT2D eigenvalue weighted by Gasteiger charge is -2.20. The second-order valence-electron chi connectivity index (χ2n) is 13.9. The molecule has 1 aromatic heterocycles. The Labute approximate surface area is 329 Å². The maximum absolute atomic E-state index is 12.6. The van der Waals surface area contributed by atoms with Crippen LogP contribution in [0.5, 0.6) is 17.2 Å². The number of nitrogens with one attached hydrogen (secondary N) is 2. The van der Waals surface area contributed by atoms with Gasteiger partial charge in [0.2, 0.25) is 0 Å². The number of ether oxygens (including phenoxy) is 3. The van der Waals surface area contributed by atoms with Gasteiger partial charge in [0, 0.05) is 61.8 Å². The van der Waals surface area contributed by atoms with Crippen molar-refractivity contribution in [1.82, 2.24) is 20.5 Å². The molecule has 1 aliphatic heterocycles. The summed E-state index contributed by atoms with van der Waals surface area (Å²) in [7, 11) is 0. The van der Waals surface area contributed by atoms with E-state index in [9.17, 15) is 38.2 Å². The molecule has 1 amide bonds. The molecule has 1 saturated heterocycles. The van der Waals surface area contributed by atoms with Crippen LogP contribution in [-0.2, 0) is 29.3 Å². The summed E-state index contributed by atoms with van der Waals surface area (Å²) in [5.74, 6) is -1.36. The molecule has 1 fully saturated rings. The molecule has 12 nitrogen and oxygen atoms in total. The van der Waals surface area contributed by atoms with Gasteiger partial charge >= 0.3 is 18.1 Å². The van der Waals surface area contributed by atoms with Crippen molar-refractivity contribution in [3.05, 3.63) is 106 Å². The predicted octanol–water partition coefficient (Wildman–Crippen LogP) is 5.76. The van der Waals surface area contributed by atoms with Crippen LogP contribution in [0.3, 0.4) is 0 Å². The lowest BCUT2D eigenvalue weighted by molar-refractivity contribution is -0.174. The van der Waals surface area contributed by atoms with Gasteiger partial charge in [-0.2, -0.15) is 18.4 Å². The van der Waals surface area contributed by atoms with Crippen molar-refractivity contribution >= 4 is 11.9 Å². The minimum absolute atomic E-state index is 0.0950. The van der Waals surface area contributed by atoms with E-state index >= 15 is 0 Å². The zero-order chi connectivity index (χ0) is 41.1. The third kappa shape index (κ3) is 11.4. The summed E-state index contributed by atoms with van der Waals surface area (Å²) < 4.78 is 56.6. The number of aliphatic carboxylic acids is 1. The number of nitrogens with zero attached hydrogens (tertiary/aromatic N) is 3. The summed E-state index contributed by atoms with van der Waals surface area (Å²) in [5, 5.41) is 33.1. The Morgan fingerprint density at radius 2 is 1.70 bits per heavy atom. The molecule has 2 atom stereocenters. The summed E-state index contributed by atoms with van der Waals surface area (Å²) in [4.78, 5) is 28.9. The number of pyridine rings is 1. The monoisotopic (exact) mass is 789 g/mol. The van der Waals surface area contributed by atoms with Crippen molar-refractivity contribution in [3.8, 4) is 34.4 Å². The first kappa shape index (κ1) is 42.5. The van der Waals surface area contributed by atoms with Gasteiger partial charge in [-0.1, -0.05) is 30.3 Å². The first-order valence-corrected chi connectivity index (χ1v) is 18.5. The van der Waals surface area contributed by atoms with E-state index in [1.807, 2.05) is 68.1 Å². The number of carboxylic acids is 1. The molecular weight excluding hydrogens is 743 g/mol. The molecule has 1 aliphatic rings. The molecule has 4 N–H and O–H groups in total. The van der Waals surface area contributed by atoms with Crippen LogP contribution in [0.4, 0.5) is 13.2 Å². The number of rotatable bonds is 18. The highest BCUT2D eigenvalue weighted by Crippen LogP contribution is 2.35. The summed E-state index contributed by atoms with van der Waals surface area (Å²) in [6.45, 7) is 7.76. The minimum atomic E-state index is -4.89. The number of alkyl halides is 3. The third-order valence-electron chi connectivity index (χ3n) is 9.84. The first-order chi connectivity index (χ1) is 27.3. The van der Waals surface area contributed by atoms with Crippen molar-refractivity contribution in [3.63, 3.8) is 0 Å². The Hall–Kier alpha value is -5.69. The Bertz CT molecular complexity index is 2090. The normalized spacial score (nSPS) is 14.8. The number of aryl methyl sites for hydroxylation is 1. The van der Waals surface area contributed by atoms with E-state index in [-0.39, 0.29) is 19.8 Å². The summed E-state index contributed by atoms with van der Waals surface area (Å²) in [6.07, 6.45) is -0.708. The van der Waals surface area contributed by atoms with Gasteiger partial charge in [-0.3, -0.25) is 19.9 Å². The number of hydrogen-bond acceptors (Lipinski definition) is 10. The van der Waals surface area contributed by atoms with E-state index < -0.39 is 36.7 Å². The fourth-order valence-corrected chi connectivity index (χ4v) is 6.65. The van der Waals surface area contributed by atoms with Crippen LogP contribution >= 0.6 is 0 Å². The van der Waals surface area contributed by atoms with E-state index in [0.29, 0.717) is 67.3 Å². The quantitative estimate of drug-likeness (QED) is 0.0906. The van der Waals surface area contributed by atoms with Gasteiger partial charge in [-0.05, 0) is 85.2 Å². The van der Waals surface area contributed by atoms with Crippen molar-refractivity contribution in [2.24, 2.45) is 0 Å². The number of aliphatic hydroxyl groups excluding tert-OH is 1. The average Bonchev–Trinajstić information content (AvgIpc) is 3.63. The van der Waals surface area contributed by atoms with Gasteiger partial charge in [0.1, 0.15) is 42.6 Å². The van der Waals surface area contributed by atoms with E-state index in [2.05, 4.69) is 21.7 Å². The van der Waals surface area contributed by atoms with Crippen LogP contribution in [0.1, 0.15) is 51.8 Å². The van der Waals surface area contributed by atoms with Crippen molar-refractivity contribution in [2.75, 3.05) is 32.8 Å². The molecule has 0 spiro atoms. The molecule has 0 bridgehead atoms. The van der Waals surface area contributed by atoms with Crippen LogP contribution in [0, 0.1) is 32.1 Å². The third-order valence-corrected chi connectivity index (χ3v) is 9.84. The number of nitriles is 1. The number of carbonyl (C=O) groups is 2. The molecule has 0 radical (unpaired) electrons. The highest BCUT2D eigenvalue weighted by atomic mass is 19.4. The Balaban J connectivity index is 1.24. The topological polar surface area (TPSA) is 166 Å². The number of likely N-dealkylation sites (tertiary alicyclic amines) is 1. The lowest BCUT2D eigenvalue weighted by Crippen LogP contribution is -2.44. The fourth-order valence-electron chi connectivity index (χ4n) is 6.65.